The van der Waals surface area contributed by atoms with Gasteiger partial charge in [0.05, 0.1) is 0 Å². The molecule has 0 bridgehead atoms. The number of amides is 1. The number of hydrogen-bond donors (Lipinski definition) is 3. The molecule has 114 valence electrons. The molecule has 2 aromatic rings. The third kappa shape index (κ3) is 3.13. The Morgan fingerprint density at radius 2 is 2.19 bits per heavy atom. The van der Waals surface area contributed by atoms with E-state index in [0.29, 0.717) is 18.7 Å². The SMILES string of the molecule is CNCC(C)C(=O)NCc1c(C)nc2cc(=O)[nH]n2c1C. The van der Waals surface area contributed by atoms with Gasteiger partial charge in [0.25, 0.3) is 5.56 Å². The highest BCUT2D eigenvalue weighted by Crippen LogP contribution is 2.13. The molecule has 7 nitrogen and oxygen atoms in total. The number of rotatable bonds is 5. The van der Waals surface area contributed by atoms with Gasteiger partial charge in [-0.25, -0.2) is 9.50 Å². The average molecular weight is 291 g/mol. The van der Waals surface area contributed by atoms with Crippen molar-refractivity contribution in [2.45, 2.75) is 27.3 Å². The maximum atomic E-state index is 12.0. The topological polar surface area (TPSA) is 91.3 Å². The first-order valence-corrected chi connectivity index (χ1v) is 6.94. The molecule has 1 unspecified atom stereocenters. The number of aryl methyl sites for hydroxylation is 2. The summed E-state index contributed by atoms with van der Waals surface area (Å²) in [5.74, 6) is -0.108. The van der Waals surface area contributed by atoms with Crippen molar-refractivity contribution in [2.75, 3.05) is 13.6 Å². The number of aromatic nitrogens is 3. The van der Waals surface area contributed by atoms with Gasteiger partial charge < -0.3 is 10.6 Å². The van der Waals surface area contributed by atoms with Gasteiger partial charge in [-0.1, -0.05) is 6.92 Å². The molecule has 0 aromatic carbocycles. The van der Waals surface area contributed by atoms with Crippen molar-refractivity contribution in [1.82, 2.24) is 25.2 Å². The summed E-state index contributed by atoms with van der Waals surface area (Å²) in [5, 5.41) is 8.59. The third-order valence-electron chi connectivity index (χ3n) is 3.60. The second-order valence-corrected chi connectivity index (χ2v) is 5.25. The molecule has 21 heavy (non-hydrogen) atoms. The molecule has 7 heteroatoms. The van der Waals surface area contributed by atoms with Gasteiger partial charge in [-0.15, -0.1) is 0 Å². The van der Waals surface area contributed by atoms with E-state index >= 15 is 0 Å². The van der Waals surface area contributed by atoms with Crippen LogP contribution in [0.25, 0.3) is 5.65 Å². The zero-order valence-electron chi connectivity index (χ0n) is 12.8. The summed E-state index contributed by atoms with van der Waals surface area (Å²) in [5.41, 5.74) is 3.01. The Hall–Kier alpha value is -2.15. The third-order valence-corrected chi connectivity index (χ3v) is 3.60. The van der Waals surface area contributed by atoms with Gasteiger partial charge in [-0.3, -0.25) is 14.7 Å². The molecule has 1 atom stereocenters. The fourth-order valence-electron chi connectivity index (χ4n) is 2.36. The van der Waals surface area contributed by atoms with E-state index in [-0.39, 0.29) is 17.4 Å². The van der Waals surface area contributed by atoms with Crippen LogP contribution in [0.5, 0.6) is 0 Å². The first kappa shape index (κ1) is 15.2. The van der Waals surface area contributed by atoms with Crippen LogP contribution >= 0.6 is 0 Å². The van der Waals surface area contributed by atoms with Crippen LogP contribution in [-0.4, -0.2) is 34.1 Å². The predicted molar refractivity (Wildman–Crippen MR) is 80.2 cm³/mol. The van der Waals surface area contributed by atoms with Crippen LogP contribution in [0.3, 0.4) is 0 Å². The van der Waals surface area contributed by atoms with Gasteiger partial charge in [-0.2, -0.15) is 0 Å². The van der Waals surface area contributed by atoms with Crippen LogP contribution < -0.4 is 16.2 Å². The van der Waals surface area contributed by atoms with E-state index in [2.05, 4.69) is 20.7 Å². The Bertz CT molecular complexity index is 716. The summed E-state index contributed by atoms with van der Waals surface area (Å²) in [4.78, 5) is 27.7. The molecule has 0 saturated heterocycles. The number of nitrogens with zero attached hydrogens (tertiary/aromatic N) is 2. The molecular formula is C14H21N5O2. The van der Waals surface area contributed by atoms with Crippen molar-refractivity contribution in [3.8, 4) is 0 Å². The van der Waals surface area contributed by atoms with E-state index in [9.17, 15) is 9.59 Å². The van der Waals surface area contributed by atoms with Crippen molar-refractivity contribution >= 4 is 11.6 Å². The van der Waals surface area contributed by atoms with Gasteiger partial charge in [0, 0.05) is 42.0 Å². The maximum Gasteiger partial charge on any atom is 0.266 e. The second kappa shape index (κ2) is 6.09. The lowest BCUT2D eigenvalue weighted by Gasteiger charge is -2.15. The summed E-state index contributed by atoms with van der Waals surface area (Å²) in [7, 11) is 1.82. The zero-order chi connectivity index (χ0) is 15.6. The predicted octanol–water partition coefficient (Wildman–Crippen LogP) is 0.111. The molecule has 0 spiro atoms. The standard InChI is InChI=1S/C14H21N5O2/c1-8(6-15-4)14(21)16-7-11-9(2)17-12-5-13(20)18-19(12)10(11)3/h5,8,15H,6-7H2,1-4H3,(H,16,21)(H,18,20). The van der Waals surface area contributed by atoms with Gasteiger partial charge >= 0.3 is 0 Å². The Labute approximate surface area is 122 Å². The number of H-pyrrole nitrogens is 1. The monoisotopic (exact) mass is 291 g/mol. The van der Waals surface area contributed by atoms with Crippen molar-refractivity contribution in [3.05, 3.63) is 33.4 Å². The lowest BCUT2D eigenvalue weighted by Crippen LogP contribution is -2.34. The minimum Gasteiger partial charge on any atom is -0.352 e. The van der Waals surface area contributed by atoms with E-state index in [4.69, 9.17) is 0 Å². The molecule has 0 aliphatic heterocycles. The van der Waals surface area contributed by atoms with E-state index in [1.807, 2.05) is 27.8 Å². The summed E-state index contributed by atoms with van der Waals surface area (Å²) in [6.45, 7) is 6.68. The van der Waals surface area contributed by atoms with E-state index < -0.39 is 0 Å². The Balaban J connectivity index is 2.22. The van der Waals surface area contributed by atoms with Crippen LogP contribution in [0.2, 0.25) is 0 Å². The smallest absolute Gasteiger partial charge is 0.266 e. The number of fused-ring (bicyclic) bond motifs is 1. The lowest BCUT2D eigenvalue weighted by molar-refractivity contribution is -0.124. The van der Waals surface area contributed by atoms with Gasteiger partial charge in [0.1, 0.15) is 0 Å². The molecule has 0 aliphatic rings. The lowest BCUT2D eigenvalue weighted by atomic mass is 10.1. The van der Waals surface area contributed by atoms with Crippen molar-refractivity contribution in [3.63, 3.8) is 0 Å². The highest BCUT2D eigenvalue weighted by molar-refractivity contribution is 5.78. The van der Waals surface area contributed by atoms with Crippen LogP contribution in [0.15, 0.2) is 10.9 Å². The number of carbonyl (C=O) groups excluding carboxylic acids is 1. The molecule has 2 aromatic heterocycles. The summed E-state index contributed by atoms with van der Waals surface area (Å²) in [6, 6.07) is 1.46. The van der Waals surface area contributed by atoms with Crippen LogP contribution in [-0.2, 0) is 11.3 Å². The van der Waals surface area contributed by atoms with E-state index in [0.717, 1.165) is 17.0 Å². The number of aromatic amines is 1. The minimum atomic E-state index is -0.186. The molecule has 0 saturated carbocycles. The fraction of sp³-hybridized carbons (Fsp3) is 0.500. The Morgan fingerprint density at radius 3 is 2.86 bits per heavy atom. The maximum absolute atomic E-state index is 12.0. The summed E-state index contributed by atoms with van der Waals surface area (Å²) >= 11 is 0. The molecule has 0 radical (unpaired) electrons. The summed E-state index contributed by atoms with van der Waals surface area (Å²) < 4.78 is 1.65. The Morgan fingerprint density at radius 1 is 1.48 bits per heavy atom. The average Bonchev–Trinajstić information content (AvgIpc) is 2.79. The van der Waals surface area contributed by atoms with Crippen LogP contribution in [0.4, 0.5) is 0 Å². The van der Waals surface area contributed by atoms with Crippen molar-refractivity contribution in [2.24, 2.45) is 5.92 Å². The van der Waals surface area contributed by atoms with E-state index in [1.165, 1.54) is 6.07 Å². The van der Waals surface area contributed by atoms with E-state index in [1.54, 1.807) is 4.52 Å². The highest BCUT2D eigenvalue weighted by atomic mass is 16.2. The molecule has 1 amide bonds. The second-order valence-electron chi connectivity index (χ2n) is 5.25. The van der Waals surface area contributed by atoms with Crippen molar-refractivity contribution in [1.29, 1.82) is 0 Å². The molecule has 0 fully saturated rings. The first-order chi connectivity index (χ1) is 9.93. The van der Waals surface area contributed by atoms with Gasteiger partial charge in [0.2, 0.25) is 5.91 Å². The minimum absolute atomic E-state index is 0.00996. The molecule has 2 rings (SSSR count). The van der Waals surface area contributed by atoms with Crippen molar-refractivity contribution < 1.29 is 4.79 Å². The quantitative estimate of drug-likeness (QED) is 0.729. The van der Waals surface area contributed by atoms with Gasteiger partial charge in [-0.05, 0) is 20.9 Å². The highest BCUT2D eigenvalue weighted by Gasteiger charge is 2.14. The normalized spacial score (nSPS) is 12.6. The molecule has 3 N–H and O–H groups in total. The molecule has 2 heterocycles. The first-order valence-electron chi connectivity index (χ1n) is 6.94. The molecular weight excluding hydrogens is 270 g/mol. The molecule has 0 aliphatic carbocycles. The number of carbonyl (C=O) groups is 1. The van der Waals surface area contributed by atoms with Crippen LogP contribution in [0.1, 0.15) is 23.9 Å². The zero-order valence-corrected chi connectivity index (χ0v) is 12.8. The Kier molecular flexibility index (Phi) is 4.42. The fourth-order valence-corrected chi connectivity index (χ4v) is 2.36. The van der Waals surface area contributed by atoms with Crippen LogP contribution in [0, 0.1) is 19.8 Å². The largest absolute Gasteiger partial charge is 0.352 e. The number of nitrogens with one attached hydrogen (secondary N) is 3. The number of hydrogen-bond acceptors (Lipinski definition) is 4. The van der Waals surface area contributed by atoms with Gasteiger partial charge in [0.15, 0.2) is 5.65 Å². The summed E-state index contributed by atoms with van der Waals surface area (Å²) in [6.07, 6.45) is 0.